The summed E-state index contributed by atoms with van der Waals surface area (Å²) in [5.74, 6) is -0.166. The first kappa shape index (κ1) is 13.2. The molecule has 0 aliphatic heterocycles. The van der Waals surface area contributed by atoms with Gasteiger partial charge in [-0.15, -0.1) is 11.3 Å². The van der Waals surface area contributed by atoms with E-state index in [1.54, 1.807) is 5.38 Å². The molecule has 1 aromatic heterocycles. The van der Waals surface area contributed by atoms with Crippen LogP contribution in [0.25, 0.3) is 0 Å². The molecule has 0 aliphatic carbocycles. The van der Waals surface area contributed by atoms with Crippen LogP contribution in [0.1, 0.15) is 26.6 Å². The van der Waals surface area contributed by atoms with Crippen molar-refractivity contribution in [2.45, 2.75) is 20.8 Å². The van der Waals surface area contributed by atoms with E-state index in [-0.39, 0.29) is 5.91 Å². The Bertz CT molecular complexity index is 584. The Morgan fingerprint density at radius 2 is 1.89 bits per heavy atom. The molecule has 0 bridgehead atoms. The van der Waals surface area contributed by atoms with Crippen molar-refractivity contribution in [1.82, 2.24) is 4.98 Å². The van der Waals surface area contributed by atoms with Crippen LogP contribution in [0.3, 0.4) is 0 Å². The van der Waals surface area contributed by atoms with Crippen molar-refractivity contribution in [2.75, 3.05) is 5.32 Å². The van der Waals surface area contributed by atoms with Gasteiger partial charge in [0.1, 0.15) is 5.69 Å². The van der Waals surface area contributed by atoms with Crippen molar-refractivity contribution in [2.24, 2.45) is 0 Å². The van der Waals surface area contributed by atoms with Crippen LogP contribution < -0.4 is 5.32 Å². The fraction of sp³-hybridized carbons (Fsp3) is 0.231. The third kappa shape index (κ3) is 2.79. The lowest BCUT2D eigenvalue weighted by molar-refractivity contribution is 0.102. The van der Waals surface area contributed by atoms with E-state index in [0.29, 0.717) is 5.69 Å². The number of aromatic nitrogens is 1. The van der Waals surface area contributed by atoms with Crippen molar-refractivity contribution in [1.29, 1.82) is 0 Å². The summed E-state index contributed by atoms with van der Waals surface area (Å²) < 4.78 is 1.07. The van der Waals surface area contributed by atoms with Gasteiger partial charge in [0.05, 0.1) is 5.01 Å². The maximum absolute atomic E-state index is 12.0. The van der Waals surface area contributed by atoms with Gasteiger partial charge in [0.25, 0.3) is 5.91 Å². The quantitative estimate of drug-likeness (QED) is 0.904. The Morgan fingerprint density at radius 3 is 2.39 bits per heavy atom. The summed E-state index contributed by atoms with van der Waals surface area (Å²) >= 11 is 4.98. The van der Waals surface area contributed by atoms with Gasteiger partial charge in [-0.1, -0.05) is 15.9 Å². The predicted molar refractivity (Wildman–Crippen MR) is 78.4 cm³/mol. The predicted octanol–water partition coefficient (Wildman–Crippen LogP) is 4.08. The molecule has 0 atom stereocenters. The SMILES string of the molecule is Cc1nc(C(=O)Nc2cc(C)c(Br)c(C)c2)cs1. The third-order valence-electron chi connectivity index (χ3n) is 2.55. The molecule has 94 valence electrons. The normalized spacial score (nSPS) is 10.4. The first-order chi connectivity index (χ1) is 8.47. The summed E-state index contributed by atoms with van der Waals surface area (Å²) in [6.45, 7) is 5.88. The highest BCUT2D eigenvalue weighted by molar-refractivity contribution is 9.10. The van der Waals surface area contributed by atoms with Gasteiger partial charge >= 0.3 is 0 Å². The number of amides is 1. The Labute approximate surface area is 118 Å². The molecule has 2 rings (SSSR count). The number of hydrogen-bond acceptors (Lipinski definition) is 3. The largest absolute Gasteiger partial charge is 0.321 e. The Kier molecular flexibility index (Phi) is 3.82. The lowest BCUT2D eigenvalue weighted by Gasteiger charge is -2.08. The molecule has 0 unspecified atom stereocenters. The summed E-state index contributed by atoms with van der Waals surface area (Å²) in [5.41, 5.74) is 3.46. The van der Waals surface area contributed by atoms with Crippen molar-refractivity contribution < 1.29 is 4.79 Å². The second-order valence-corrected chi connectivity index (χ2v) is 5.99. The Hall–Kier alpha value is -1.20. The van der Waals surface area contributed by atoms with Crippen LogP contribution in [0.5, 0.6) is 0 Å². The molecule has 5 heteroatoms. The summed E-state index contributed by atoms with van der Waals surface area (Å²) in [4.78, 5) is 16.1. The number of benzene rings is 1. The summed E-state index contributed by atoms with van der Waals surface area (Å²) in [5, 5.41) is 5.52. The Balaban J connectivity index is 2.22. The number of rotatable bonds is 2. The molecule has 3 nitrogen and oxygen atoms in total. The zero-order chi connectivity index (χ0) is 13.3. The molecule has 0 saturated heterocycles. The minimum atomic E-state index is -0.166. The highest BCUT2D eigenvalue weighted by atomic mass is 79.9. The number of aryl methyl sites for hydroxylation is 3. The first-order valence-electron chi connectivity index (χ1n) is 5.47. The van der Waals surface area contributed by atoms with Crippen LogP contribution in [0, 0.1) is 20.8 Å². The Morgan fingerprint density at radius 1 is 1.28 bits per heavy atom. The van der Waals surface area contributed by atoms with Gasteiger partial charge in [-0.2, -0.15) is 0 Å². The molecule has 1 heterocycles. The monoisotopic (exact) mass is 324 g/mol. The van der Waals surface area contributed by atoms with Crippen LogP contribution in [-0.2, 0) is 0 Å². The number of anilines is 1. The minimum absolute atomic E-state index is 0.166. The molecular weight excluding hydrogens is 312 g/mol. The fourth-order valence-electron chi connectivity index (χ4n) is 1.68. The standard InChI is InChI=1S/C13H13BrN2OS/c1-7-4-10(5-8(2)12(7)14)16-13(17)11-6-18-9(3)15-11/h4-6H,1-3H3,(H,16,17). The molecule has 0 fully saturated rings. The van der Waals surface area contributed by atoms with Gasteiger partial charge in [0.2, 0.25) is 0 Å². The molecule has 1 N–H and O–H groups in total. The van der Waals surface area contributed by atoms with Crippen LogP contribution in [0.2, 0.25) is 0 Å². The van der Waals surface area contributed by atoms with Crippen LogP contribution in [-0.4, -0.2) is 10.9 Å². The fourth-order valence-corrected chi connectivity index (χ4v) is 2.50. The molecule has 0 radical (unpaired) electrons. The summed E-state index contributed by atoms with van der Waals surface area (Å²) in [6, 6.07) is 3.88. The van der Waals surface area contributed by atoms with E-state index in [1.165, 1.54) is 11.3 Å². The van der Waals surface area contributed by atoms with Crippen molar-refractivity contribution in [3.63, 3.8) is 0 Å². The highest BCUT2D eigenvalue weighted by Crippen LogP contribution is 2.25. The number of nitrogens with one attached hydrogen (secondary N) is 1. The molecule has 2 aromatic rings. The maximum atomic E-state index is 12.0. The van der Waals surface area contributed by atoms with E-state index in [0.717, 1.165) is 26.3 Å². The second kappa shape index (κ2) is 5.20. The second-order valence-electron chi connectivity index (χ2n) is 4.13. The average molecular weight is 325 g/mol. The summed E-state index contributed by atoms with van der Waals surface area (Å²) in [6.07, 6.45) is 0. The average Bonchev–Trinajstić information content (AvgIpc) is 2.72. The molecule has 1 amide bonds. The van der Waals surface area contributed by atoms with Gasteiger partial charge < -0.3 is 5.32 Å². The van der Waals surface area contributed by atoms with Crippen molar-refractivity contribution in [3.05, 3.63) is 43.8 Å². The first-order valence-corrected chi connectivity index (χ1v) is 7.15. The van der Waals surface area contributed by atoms with Crippen molar-refractivity contribution in [3.8, 4) is 0 Å². The van der Waals surface area contributed by atoms with Gasteiger partial charge in [-0.25, -0.2) is 4.98 Å². The summed E-state index contributed by atoms with van der Waals surface area (Å²) in [7, 11) is 0. The topological polar surface area (TPSA) is 42.0 Å². The van der Waals surface area contributed by atoms with Gasteiger partial charge in [-0.05, 0) is 44.0 Å². The molecule has 1 aromatic carbocycles. The van der Waals surface area contributed by atoms with Crippen LogP contribution in [0.15, 0.2) is 22.0 Å². The minimum Gasteiger partial charge on any atom is -0.321 e. The molecular formula is C13H13BrN2OS. The zero-order valence-electron chi connectivity index (χ0n) is 10.4. The van der Waals surface area contributed by atoms with Crippen molar-refractivity contribution >= 4 is 38.9 Å². The zero-order valence-corrected chi connectivity index (χ0v) is 12.8. The van der Waals surface area contributed by atoms with E-state index in [1.807, 2.05) is 32.9 Å². The van der Waals surface area contributed by atoms with E-state index in [2.05, 4.69) is 26.2 Å². The highest BCUT2D eigenvalue weighted by Gasteiger charge is 2.10. The van der Waals surface area contributed by atoms with Crippen LogP contribution >= 0.6 is 27.3 Å². The number of nitrogens with zero attached hydrogens (tertiary/aromatic N) is 1. The van der Waals surface area contributed by atoms with Crippen LogP contribution in [0.4, 0.5) is 5.69 Å². The van der Waals surface area contributed by atoms with E-state index < -0.39 is 0 Å². The molecule has 0 saturated carbocycles. The lowest BCUT2D eigenvalue weighted by atomic mass is 10.1. The molecule has 0 aliphatic rings. The van der Waals surface area contributed by atoms with E-state index in [4.69, 9.17) is 0 Å². The lowest BCUT2D eigenvalue weighted by Crippen LogP contribution is -2.12. The van der Waals surface area contributed by atoms with Gasteiger partial charge in [-0.3, -0.25) is 4.79 Å². The van der Waals surface area contributed by atoms with E-state index >= 15 is 0 Å². The molecule has 18 heavy (non-hydrogen) atoms. The number of hydrogen-bond donors (Lipinski definition) is 1. The number of halogens is 1. The molecule has 0 spiro atoms. The number of carbonyl (C=O) groups is 1. The number of carbonyl (C=O) groups excluding carboxylic acids is 1. The van der Waals surface area contributed by atoms with Gasteiger partial charge in [0.15, 0.2) is 0 Å². The third-order valence-corrected chi connectivity index (χ3v) is 4.57. The smallest absolute Gasteiger partial charge is 0.275 e. The van der Waals surface area contributed by atoms with Gasteiger partial charge in [0, 0.05) is 15.5 Å². The number of thiazole rings is 1. The van der Waals surface area contributed by atoms with E-state index in [9.17, 15) is 4.79 Å². The maximum Gasteiger partial charge on any atom is 0.275 e.